The van der Waals surface area contributed by atoms with E-state index in [2.05, 4.69) is 41.0 Å². The van der Waals surface area contributed by atoms with Crippen molar-refractivity contribution in [2.75, 3.05) is 44.7 Å². The summed E-state index contributed by atoms with van der Waals surface area (Å²) in [5.41, 5.74) is 5.88. The maximum Gasteiger partial charge on any atom is 0.321 e. The minimum atomic E-state index is -0.0659. The Balaban J connectivity index is 1.26. The van der Waals surface area contributed by atoms with Gasteiger partial charge in [0.25, 0.3) is 0 Å². The summed E-state index contributed by atoms with van der Waals surface area (Å²) in [7, 11) is 0. The van der Waals surface area contributed by atoms with Gasteiger partial charge in [-0.25, -0.2) is 4.79 Å². The predicted octanol–water partition coefficient (Wildman–Crippen LogP) is 3.41. The van der Waals surface area contributed by atoms with E-state index in [4.69, 9.17) is 9.47 Å². The van der Waals surface area contributed by atoms with Gasteiger partial charge in [-0.15, -0.1) is 0 Å². The number of anilines is 1. The number of fused-ring (bicyclic) bond motifs is 1. The Morgan fingerprint density at radius 1 is 0.967 bits per heavy atom. The number of piperidine rings is 1. The van der Waals surface area contributed by atoms with Gasteiger partial charge in [-0.1, -0.05) is 24.3 Å². The van der Waals surface area contributed by atoms with Crippen molar-refractivity contribution in [1.29, 1.82) is 0 Å². The average Bonchev–Trinajstić information content (AvgIpc) is 2.80. The third-order valence-electron chi connectivity index (χ3n) is 6.54. The van der Waals surface area contributed by atoms with E-state index in [0.29, 0.717) is 32.9 Å². The second-order valence-electron chi connectivity index (χ2n) is 8.49. The lowest BCUT2D eigenvalue weighted by Crippen LogP contribution is -2.47. The molecule has 0 aliphatic carbocycles. The summed E-state index contributed by atoms with van der Waals surface area (Å²) in [4.78, 5) is 14.1. The first-order chi connectivity index (χ1) is 14.7. The van der Waals surface area contributed by atoms with Gasteiger partial charge in [0.2, 0.25) is 0 Å². The van der Waals surface area contributed by atoms with Crippen LogP contribution in [-0.4, -0.2) is 55.9 Å². The molecule has 2 aromatic carbocycles. The van der Waals surface area contributed by atoms with E-state index in [-0.39, 0.29) is 11.6 Å². The van der Waals surface area contributed by atoms with Crippen LogP contribution in [0.25, 0.3) is 11.1 Å². The Hall–Kier alpha value is -2.41. The number of nitrogens with one attached hydrogen (secondary N) is 2. The molecule has 0 aromatic heterocycles. The van der Waals surface area contributed by atoms with Gasteiger partial charge in [-0.05, 0) is 66.4 Å². The van der Waals surface area contributed by atoms with E-state index in [1.807, 2.05) is 12.1 Å². The minimum Gasteiger partial charge on any atom is -0.378 e. The van der Waals surface area contributed by atoms with Crippen LogP contribution in [0.4, 0.5) is 10.5 Å². The standard InChI is InChI=1S/C24H29N3O3/c28-23(27-11-13-29-14-12-27)26-22-5-3-18(4-6-22)19-1-2-20-16-24(7-9-25-10-8-24)30-17-21(20)15-19/h1-6,15,25H,7-14,16-17H2,(H,26,28). The van der Waals surface area contributed by atoms with Gasteiger partial charge in [0.05, 0.1) is 25.4 Å². The Morgan fingerprint density at radius 3 is 2.47 bits per heavy atom. The molecule has 0 atom stereocenters. The molecule has 30 heavy (non-hydrogen) atoms. The summed E-state index contributed by atoms with van der Waals surface area (Å²) in [6.45, 7) is 5.26. The number of carbonyl (C=O) groups excluding carboxylic acids is 1. The van der Waals surface area contributed by atoms with Gasteiger partial charge in [-0.3, -0.25) is 0 Å². The topological polar surface area (TPSA) is 62.8 Å². The highest BCUT2D eigenvalue weighted by atomic mass is 16.5. The third-order valence-corrected chi connectivity index (χ3v) is 6.54. The Bertz CT molecular complexity index is 900. The monoisotopic (exact) mass is 407 g/mol. The summed E-state index contributed by atoms with van der Waals surface area (Å²) in [5.74, 6) is 0. The highest BCUT2D eigenvalue weighted by Gasteiger charge is 2.36. The lowest BCUT2D eigenvalue weighted by atomic mass is 9.82. The molecule has 5 rings (SSSR count). The first kappa shape index (κ1) is 19.5. The van der Waals surface area contributed by atoms with Crippen molar-refractivity contribution in [1.82, 2.24) is 10.2 Å². The lowest BCUT2D eigenvalue weighted by Gasteiger charge is -2.41. The number of benzene rings is 2. The fourth-order valence-electron chi connectivity index (χ4n) is 4.66. The van der Waals surface area contributed by atoms with Gasteiger partial charge in [-0.2, -0.15) is 0 Å². The number of urea groups is 1. The van der Waals surface area contributed by atoms with Crippen molar-refractivity contribution in [2.45, 2.75) is 31.5 Å². The van der Waals surface area contributed by atoms with E-state index in [1.165, 1.54) is 16.7 Å². The molecule has 2 amide bonds. The molecule has 2 N–H and O–H groups in total. The van der Waals surface area contributed by atoms with E-state index in [9.17, 15) is 4.79 Å². The molecule has 3 aliphatic heterocycles. The number of amides is 2. The summed E-state index contributed by atoms with van der Waals surface area (Å²) in [6.07, 6.45) is 3.19. The zero-order valence-electron chi connectivity index (χ0n) is 17.3. The van der Waals surface area contributed by atoms with Crippen LogP contribution in [0.3, 0.4) is 0 Å². The number of carbonyl (C=O) groups is 1. The highest BCUT2D eigenvalue weighted by Crippen LogP contribution is 2.36. The smallest absolute Gasteiger partial charge is 0.321 e. The number of rotatable bonds is 2. The summed E-state index contributed by atoms with van der Waals surface area (Å²) >= 11 is 0. The van der Waals surface area contributed by atoms with Crippen LogP contribution in [0, 0.1) is 0 Å². The zero-order valence-corrected chi connectivity index (χ0v) is 17.3. The van der Waals surface area contributed by atoms with Crippen LogP contribution in [0.15, 0.2) is 42.5 Å². The van der Waals surface area contributed by atoms with E-state index < -0.39 is 0 Å². The SMILES string of the molecule is O=C(Nc1ccc(-c2ccc3c(c2)COC2(CCNCC2)C3)cc1)N1CCOCC1. The van der Waals surface area contributed by atoms with Crippen LogP contribution in [0.5, 0.6) is 0 Å². The second kappa shape index (κ2) is 8.38. The summed E-state index contributed by atoms with van der Waals surface area (Å²) < 4.78 is 11.6. The number of hydrogen-bond donors (Lipinski definition) is 2. The molecule has 158 valence electrons. The first-order valence-corrected chi connectivity index (χ1v) is 10.9. The minimum absolute atomic E-state index is 0.0279. The summed E-state index contributed by atoms with van der Waals surface area (Å²) in [5, 5.41) is 6.41. The number of nitrogens with zero attached hydrogens (tertiary/aromatic N) is 1. The van der Waals surface area contributed by atoms with Gasteiger partial charge >= 0.3 is 6.03 Å². The molecule has 6 nitrogen and oxygen atoms in total. The van der Waals surface area contributed by atoms with Gasteiger partial charge in [0.1, 0.15) is 0 Å². The van der Waals surface area contributed by atoms with Crippen molar-refractivity contribution >= 4 is 11.7 Å². The molecular weight excluding hydrogens is 378 g/mol. The molecule has 0 saturated carbocycles. The molecule has 6 heteroatoms. The van der Waals surface area contributed by atoms with Crippen molar-refractivity contribution in [3.63, 3.8) is 0 Å². The molecule has 3 aliphatic rings. The molecule has 0 bridgehead atoms. The first-order valence-electron chi connectivity index (χ1n) is 10.9. The Morgan fingerprint density at radius 2 is 1.70 bits per heavy atom. The third kappa shape index (κ3) is 4.08. The highest BCUT2D eigenvalue weighted by molar-refractivity contribution is 5.89. The van der Waals surface area contributed by atoms with E-state index in [1.54, 1.807) is 4.90 Å². The number of morpholine rings is 1. The second-order valence-corrected chi connectivity index (χ2v) is 8.49. The largest absolute Gasteiger partial charge is 0.378 e. The fourth-order valence-corrected chi connectivity index (χ4v) is 4.66. The van der Waals surface area contributed by atoms with Crippen LogP contribution in [0.2, 0.25) is 0 Å². The van der Waals surface area contributed by atoms with Gasteiger partial charge in [0, 0.05) is 25.2 Å². The molecule has 2 fully saturated rings. The van der Waals surface area contributed by atoms with E-state index >= 15 is 0 Å². The number of hydrogen-bond acceptors (Lipinski definition) is 4. The zero-order chi connectivity index (χ0) is 20.4. The maximum absolute atomic E-state index is 12.4. The van der Waals surface area contributed by atoms with Gasteiger partial charge in [0.15, 0.2) is 0 Å². The molecule has 2 saturated heterocycles. The van der Waals surface area contributed by atoms with Crippen LogP contribution in [-0.2, 0) is 22.5 Å². The maximum atomic E-state index is 12.4. The van der Waals surface area contributed by atoms with Crippen LogP contribution >= 0.6 is 0 Å². The predicted molar refractivity (Wildman–Crippen MR) is 117 cm³/mol. The molecule has 3 heterocycles. The Kier molecular flexibility index (Phi) is 5.46. The summed E-state index contributed by atoms with van der Waals surface area (Å²) in [6, 6.07) is 14.7. The molecule has 2 aromatic rings. The van der Waals surface area contributed by atoms with Crippen LogP contribution in [0.1, 0.15) is 24.0 Å². The normalized spacial score (nSPS) is 20.6. The molecule has 0 unspecified atom stereocenters. The van der Waals surface area contributed by atoms with Gasteiger partial charge < -0.3 is 25.0 Å². The lowest BCUT2D eigenvalue weighted by molar-refractivity contribution is -0.0855. The molecule has 0 radical (unpaired) electrons. The fraction of sp³-hybridized carbons (Fsp3) is 0.458. The Labute approximate surface area is 177 Å². The quantitative estimate of drug-likeness (QED) is 0.801. The van der Waals surface area contributed by atoms with Crippen LogP contribution < -0.4 is 10.6 Å². The molecule has 1 spiro atoms. The van der Waals surface area contributed by atoms with Crippen molar-refractivity contribution < 1.29 is 14.3 Å². The van der Waals surface area contributed by atoms with E-state index in [0.717, 1.165) is 43.6 Å². The average molecular weight is 408 g/mol. The molecular formula is C24H29N3O3. The number of ether oxygens (including phenoxy) is 2. The van der Waals surface area contributed by atoms with Crippen molar-refractivity contribution in [2.24, 2.45) is 0 Å². The van der Waals surface area contributed by atoms with Crippen molar-refractivity contribution in [3.05, 3.63) is 53.6 Å². The van der Waals surface area contributed by atoms with Crippen molar-refractivity contribution in [3.8, 4) is 11.1 Å².